The van der Waals surface area contributed by atoms with Crippen molar-refractivity contribution in [2.75, 3.05) is 6.61 Å². The van der Waals surface area contributed by atoms with E-state index in [1.165, 1.54) is 38.5 Å². The molecular weight excluding hydrogens is 226 g/mol. The molecule has 104 valence electrons. The highest BCUT2D eigenvalue weighted by molar-refractivity contribution is 4.91. The summed E-state index contributed by atoms with van der Waals surface area (Å²) in [6, 6.07) is 0.273. The fourth-order valence-corrected chi connectivity index (χ4v) is 4.01. The topological polar surface area (TPSA) is 44.5 Å². The van der Waals surface area contributed by atoms with Crippen LogP contribution < -0.4 is 5.73 Å². The first-order valence-corrected chi connectivity index (χ1v) is 7.82. The second-order valence-electron chi connectivity index (χ2n) is 6.48. The van der Waals surface area contributed by atoms with E-state index < -0.39 is 0 Å². The summed E-state index contributed by atoms with van der Waals surface area (Å²) in [6.45, 7) is 0.882. The van der Waals surface area contributed by atoms with E-state index in [1.54, 1.807) is 0 Å². The lowest BCUT2D eigenvalue weighted by Crippen LogP contribution is -2.46. The molecule has 1 aliphatic heterocycles. The third kappa shape index (κ3) is 2.73. The Morgan fingerprint density at radius 1 is 1.00 bits per heavy atom. The van der Waals surface area contributed by atoms with Gasteiger partial charge in [-0.15, -0.1) is 0 Å². The summed E-state index contributed by atoms with van der Waals surface area (Å²) in [5.41, 5.74) is 6.27. The molecule has 2 saturated carbocycles. The number of rotatable bonds is 2. The van der Waals surface area contributed by atoms with Crippen molar-refractivity contribution in [3.8, 4) is 0 Å². The first-order chi connectivity index (χ1) is 8.77. The Morgan fingerprint density at radius 2 is 1.83 bits per heavy atom. The molecule has 3 unspecified atom stereocenters. The normalized spacial score (nSPS) is 40.2. The molecule has 1 spiro atoms. The van der Waals surface area contributed by atoms with E-state index in [-0.39, 0.29) is 11.6 Å². The van der Waals surface area contributed by atoms with Crippen LogP contribution in [0.25, 0.3) is 0 Å². The number of hydrogen-bond acceptors (Lipinski definition) is 3. The van der Waals surface area contributed by atoms with E-state index in [2.05, 4.69) is 0 Å². The van der Waals surface area contributed by atoms with Gasteiger partial charge in [-0.2, -0.15) is 0 Å². The second-order valence-corrected chi connectivity index (χ2v) is 6.48. The zero-order valence-corrected chi connectivity index (χ0v) is 11.4. The summed E-state index contributed by atoms with van der Waals surface area (Å²) in [6.07, 6.45) is 12.9. The van der Waals surface area contributed by atoms with Crippen LogP contribution in [-0.4, -0.2) is 30.5 Å². The monoisotopic (exact) mass is 253 g/mol. The van der Waals surface area contributed by atoms with Gasteiger partial charge in [0.2, 0.25) is 0 Å². The van der Waals surface area contributed by atoms with Gasteiger partial charge in [0.1, 0.15) is 0 Å². The highest BCUT2D eigenvalue weighted by Gasteiger charge is 2.40. The fraction of sp³-hybridized carbons (Fsp3) is 1.00. The number of nitrogens with two attached hydrogens (primary N) is 1. The molecule has 1 saturated heterocycles. The molecule has 1 heterocycles. The Bertz CT molecular complexity index is 270. The molecule has 3 rings (SSSR count). The summed E-state index contributed by atoms with van der Waals surface area (Å²) < 4.78 is 12.4. The molecule has 0 amide bonds. The third-order valence-electron chi connectivity index (χ3n) is 5.08. The molecule has 3 aliphatic rings. The van der Waals surface area contributed by atoms with Crippen molar-refractivity contribution >= 4 is 0 Å². The number of ether oxygens (including phenoxy) is 2. The summed E-state index contributed by atoms with van der Waals surface area (Å²) in [5, 5.41) is 0. The molecule has 0 radical (unpaired) electrons. The van der Waals surface area contributed by atoms with Crippen LogP contribution in [0.3, 0.4) is 0 Å². The Labute approximate surface area is 110 Å². The van der Waals surface area contributed by atoms with Crippen molar-refractivity contribution in [1.82, 2.24) is 0 Å². The van der Waals surface area contributed by atoms with Gasteiger partial charge in [-0.3, -0.25) is 0 Å². The summed E-state index contributed by atoms with van der Waals surface area (Å²) >= 11 is 0. The van der Waals surface area contributed by atoms with Gasteiger partial charge in [-0.1, -0.05) is 19.3 Å². The maximum absolute atomic E-state index is 6.29. The van der Waals surface area contributed by atoms with Crippen LogP contribution in [0.5, 0.6) is 0 Å². The molecule has 18 heavy (non-hydrogen) atoms. The average molecular weight is 253 g/mol. The minimum Gasteiger partial charge on any atom is -0.375 e. The highest BCUT2D eigenvalue weighted by Crippen LogP contribution is 2.40. The quantitative estimate of drug-likeness (QED) is 0.823. The van der Waals surface area contributed by atoms with Crippen molar-refractivity contribution in [3.63, 3.8) is 0 Å². The average Bonchev–Trinajstić information content (AvgIpc) is 2.76. The lowest BCUT2D eigenvalue weighted by Gasteiger charge is -2.44. The fourth-order valence-electron chi connectivity index (χ4n) is 4.01. The Kier molecular flexibility index (Phi) is 3.92. The zero-order chi connectivity index (χ0) is 12.4. The predicted octanol–water partition coefficient (Wildman–Crippen LogP) is 2.76. The molecule has 2 N–H and O–H groups in total. The molecule has 0 aromatic heterocycles. The van der Waals surface area contributed by atoms with Crippen molar-refractivity contribution in [3.05, 3.63) is 0 Å². The minimum atomic E-state index is 0.157. The van der Waals surface area contributed by atoms with Crippen molar-refractivity contribution in [1.29, 1.82) is 0 Å². The van der Waals surface area contributed by atoms with E-state index in [1.807, 2.05) is 0 Å². The van der Waals surface area contributed by atoms with Gasteiger partial charge < -0.3 is 15.2 Å². The van der Waals surface area contributed by atoms with Crippen LogP contribution >= 0.6 is 0 Å². The van der Waals surface area contributed by atoms with Crippen LogP contribution in [-0.2, 0) is 9.47 Å². The third-order valence-corrected chi connectivity index (χ3v) is 5.08. The van der Waals surface area contributed by atoms with Gasteiger partial charge in [-0.25, -0.2) is 0 Å². The molecular formula is C15H27NO2. The van der Waals surface area contributed by atoms with Crippen molar-refractivity contribution in [2.24, 2.45) is 5.73 Å². The van der Waals surface area contributed by atoms with Gasteiger partial charge in [0.25, 0.3) is 0 Å². The summed E-state index contributed by atoms with van der Waals surface area (Å²) in [7, 11) is 0. The standard InChI is InChI=1S/C15H27NO2/c16-13-5-4-6-14(13)18-12-7-10-17-15(11-12)8-2-1-3-9-15/h12-14H,1-11,16H2. The van der Waals surface area contributed by atoms with Gasteiger partial charge in [0.05, 0.1) is 17.8 Å². The predicted molar refractivity (Wildman–Crippen MR) is 71.5 cm³/mol. The highest BCUT2D eigenvalue weighted by atomic mass is 16.5. The maximum Gasteiger partial charge on any atom is 0.0729 e. The van der Waals surface area contributed by atoms with Gasteiger partial charge >= 0.3 is 0 Å². The van der Waals surface area contributed by atoms with Crippen LogP contribution in [0.4, 0.5) is 0 Å². The number of hydrogen-bond donors (Lipinski definition) is 1. The van der Waals surface area contributed by atoms with E-state index >= 15 is 0 Å². The molecule has 3 nitrogen and oxygen atoms in total. The molecule has 3 heteroatoms. The van der Waals surface area contributed by atoms with E-state index in [0.717, 1.165) is 32.3 Å². The molecule has 2 aliphatic carbocycles. The minimum absolute atomic E-state index is 0.157. The van der Waals surface area contributed by atoms with E-state index in [9.17, 15) is 0 Å². The van der Waals surface area contributed by atoms with Gasteiger partial charge in [0.15, 0.2) is 0 Å². The van der Waals surface area contributed by atoms with Crippen LogP contribution in [0, 0.1) is 0 Å². The summed E-state index contributed by atoms with van der Waals surface area (Å²) in [5.74, 6) is 0. The van der Waals surface area contributed by atoms with Crippen molar-refractivity contribution in [2.45, 2.75) is 88.1 Å². The largest absolute Gasteiger partial charge is 0.375 e. The summed E-state index contributed by atoms with van der Waals surface area (Å²) in [4.78, 5) is 0. The van der Waals surface area contributed by atoms with Crippen molar-refractivity contribution < 1.29 is 9.47 Å². The van der Waals surface area contributed by atoms with Crippen LogP contribution in [0.1, 0.15) is 64.2 Å². The van der Waals surface area contributed by atoms with Gasteiger partial charge in [-0.05, 0) is 38.5 Å². The molecule has 0 bridgehead atoms. The second kappa shape index (κ2) is 5.48. The Balaban J connectivity index is 1.56. The zero-order valence-electron chi connectivity index (χ0n) is 11.4. The molecule has 0 aromatic carbocycles. The molecule has 3 atom stereocenters. The van der Waals surface area contributed by atoms with E-state index in [4.69, 9.17) is 15.2 Å². The smallest absolute Gasteiger partial charge is 0.0729 e. The van der Waals surface area contributed by atoms with E-state index in [0.29, 0.717) is 12.2 Å². The Morgan fingerprint density at radius 3 is 2.56 bits per heavy atom. The lowest BCUT2D eigenvalue weighted by molar-refractivity contribution is -0.160. The SMILES string of the molecule is NC1CCCC1OC1CCOC2(CCCCC2)C1. The van der Waals surface area contributed by atoms with Crippen LogP contribution in [0.2, 0.25) is 0 Å². The Hall–Kier alpha value is -0.120. The van der Waals surface area contributed by atoms with Crippen LogP contribution in [0.15, 0.2) is 0 Å². The molecule has 0 aromatic rings. The lowest BCUT2D eigenvalue weighted by atomic mass is 9.79. The first-order valence-electron chi connectivity index (χ1n) is 7.82. The molecule has 3 fully saturated rings. The first kappa shape index (κ1) is 12.9. The van der Waals surface area contributed by atoms with Gasteiger partial charge in [0, 0.05) is 19.1 Å². The maximum atomic E-state index is 6.29.